The second-order valence-electron chi connectivity index (χ2n) is 6.11. The van der Waals surface area contributed by atoms with Crippen LogP contribution in [0.5, 0.6) is 0 Å². The summed E-state index contributed by atoms with van der Waals surface area (Å²) >= 11 is 5.85. The van der Waals surface area contributed by atoms with Crippen LogP contribution in [0, 0.1) is 0 Å². The van der Waals surface area contributed by atoms with Gasteiger partial charge in [0.25, 0.3) is 0 Å². The molecule has 0 aromatic heterocycles. The van der Waals surface area contributed by atoms with E-state index in [0.717, 1.165) is 11.3 Å². The molecule has 2 aromatic rings. The largest absolute Gasteiger partial charge is 0.392 e. The minimum atomic E-state index is -3.41. The van der Waals surface area contributed by atoms with Gasteiger partial charge in [-0.05, 0) is 43.2 Å². The summed E-state index contributed by atoms with van der Waals surface area (Å²) in [6.07, 6.45) is -0.459. The number of halogens is 1. The Hall–Kier alpha value is -1.32. The Bertz CT molecular complexity index is 678. The molecule has 0 amide bonds. The van der Waals surface area contributed by atoms with Crippen LogP contribution < -0.4 is 5.32 Å². The first kappa shape index (κ1) is 19.0. The van der Waals surface area contributed by atoms with Crippen LogP contribution in [0.15, 0.2) is 54.6 Å². The lowest BCUT2D eigenvalue weighted by molar-refractivity contribution is 0.179. The maximum atomic E-state index is 12.3. The summed E-state index contributed by atoms with van der Waals surface area (Å²) in [4.78, 5) is 10.1. The summed E-state index contributed by atoms with van der Waals surface area (Å²) in [5, 5.41) is 14.1. The van der Waals surface area contributed by atoms with Crippen molar-refractivity contribution in [2.24, 2.45) is 0 Å². The van der Waals surface area contributed by atoms with Crippen LogP contribution in [0.3, 0.4) is 0 Å². The van der Waals surface area contributed by atoms with Gasteiger partial charge in [-0.2, -0.15) is 0 Å². The van der Waals surface area contributed by atoms with Crippen molar-refractivity contribution >= 4 is 24.7 Å². The molecule has 2 aromatic carbocycles. The Morgan fingerprint density at radius 3 is 2.38 bits per heavy atom. The highest BCUT2D eigenvalue weighted by atomic mass is 35.5. The van der Waals surface area contributed by atoms with Crippen molar-refractivity contribution < 1.29 is 14.6 Å². The van der Waals surface area contributed by atoms with Gasteiger partial charge in [-0.25, -0.2) is 0 Å². The van der Waals surface area contributed by atoms with Crippen LogP contribution in [0.25, 0.3) is 0 Å². The lowest BCUT2D eigenvalue weighted by Gasteiger charge is -2.21. The van der Waals surface area contributed by atoms with Crippen molar-refractivity contribution in [1.82, 2.24) is 0 Å². The van der Waals surface area contributed by atoms with Gasteiger partial charge in [-0.3, -0.25) is 4.57 Å². The quantitative estimate of drug-likeness (QED) is 0.606. The molecule has 0 saturated carbocycles. The Kier molecular flexibility index (Phi) is 6.88. The molecule has 0 heterocycles. The molecule has 3 atom stereocenters. The maximum Gasteiger partial charge on any atom is 0.207 e. The van der Waals surface area contributed by atoms with Crippen LogP contribution in [-0.2, 0) is 10.7 Å². The van der Waals surface area contributed by atoms with Gasteiger partial charge >= 0.3 is 0 Å². The van der Waals surface area contributed by atoms with Gasteiger partial charge in [0.2, 0.25) is 7.37 Å². The van der Waals surface area contributed by atoms with Crippen LogP contribution in [0.2, 0.25) is 5.02 Å². The summed E-state index contributed by atoms with van der Waals surface area (Å²) < 4.78 is 12.3. The van der Waals surface area contributed by atoms with Gasteiger partial charge < -0.3 is 15.3 Å². The van der Waals surface area contributed by atoms with Gasteiger partial charge in [0.15, 0.2) is 0 Å². The van der Waals surface area contributed by atoms with Crippen molar-refractivity contribution in [2.75, 3.05) is 11.5 Å². The van der Waals surface area contributed by atoms with E-state index in [2.05, 4.69) is 5.32 Å². The molecule has 0 spiro atoms. The first-order valence-corrected chi connectivity index (χ1v) is 10.3. The monoisotopic (exact) mass is 367 g/mol. The lowest BCUT2D eigenvalue weighted by atomic mass is 10.1. The van der Waals surface area contributed by atoms with E-state index >= 15 is 0 Å². The molecule has 0 fully saturated rings. The Balaban J connectivity index is 1.83. The van der Waals surface area contributed by atoms with Crippen molar-refractivity contribution in [1.29, 1.82) is 0 Å². The summed E-state index contributed by atoms with van der Waals surface area (Å²) in [5.41, 5.74) is 1.71. The number of hydrogen-bond acceptors (Lipinski definition) is 3. The number of aliphatic hydroxyl groups is 1. The fraction of sp³-hybridized carbons (Fsp3) is 0.333. The minimum Gasteiger partial charge on any atom is -0.392 e. The van der Waals surface area contributed by atoms with E-state index in [1.54, 1.807) is 12.1 Å². The van der Waals surface area contributed by atoms with Crippen molar-refractivity contribution in [3.8, 4) is 0 Å². The molecule has 4 nitrogen and oxygen atoms in total. The zero-order valence-electron chi connectivity index (χ0n) is 13.6. The summed E-state index contributed by atoms with van der Waals surface area (Å²) in [5.74, 6) is 0. The first-order chi connectivity index (χ1) is 11.3. The predicted octanol–water partition coefficient (Wildman–Crippen LogP) is 4.36. The number of nitrogens with one attached hydrogen (secondary N) is 1. The van der Waals surface area contributed by atoms with Crippen LogP contribution >= 0.6 is 19.0 Å². The molecule has 0 radical (unpaired) electrons. The van der Waals surface area contributed by atoms with Crippen LogP contribution in [0.1, 0.15) is 18.9 Å². The number of rotatable bonds is 8. The molecule has 0 bridgehead atoms. The summed E-state index contributed by atoms with van der Waals surface area (Å²) in [6, 6.07) is 16.4. The van der Waals surface area contributed by atoms with Gasteiger partial charge in [0.1, 0.15) is 0 Å². The van der Waals surface area contributed by atoms with E-state index in [1.165, 1.54) is 0 Å². The highest BCUT2D eigenvalue weighted by Gasteiger charge is 2.24. The van der Waals surface area contributed by atoms with Gasteiger partial charge in [-0.15, -0.1) is 0 Å². The maximum absolute atomic E-state index is 12.3. The molecular weight excluding hydrogens is 345 g/mol. The molecule has 0 aliphatic rings. The van der Waals surface area contributed by atoms with Crippen LogP contribution in [0.4, 0.5) is 5.69 Å². The predicted molar refractivity (Wildman–Crippen MR) is 100.0 cm³/mol. The molecule has 2 rings (SSSR count). The van der Waals surface area contributed by atoms with E-state index in [0.29, 0.717) is 11.4 Å². The highest BCUT2D eigenvalue weighted by Crippen LogP contribution is 2.45. The van der Waals surface area contributed by atoms with Gasteiger partial charge in [-0.1, -0.05) is 41.9 Å². The molecule has 0 aliphatic carbocycles. The minimum absolute atomic E-state index is 0.0297. The average molecular weight is 368 g/mol. The third-order valence-electron chi connectivity index (χ3n) is 3.65. The molecule has 2 unspecified atom stereocenters. The molecule has 6 heteroatoms. The molecule has 24 heavy (non-hydrogen) atoms. The van der Waals surface area contributed by atoms with Crippen molar-refractivity contribution in [3.63, 3.8) is 0 Å². The highest BCUT2D eigenvalue weighted by molar-refractivity contribution is 7.57. The standard InChI is InChI=1S/C18H23ClNO3P/c1-14(20-17-9-7-16(19)8-10-17)11-18(21)13-24(22,23)12-15-5-3-2-4-6-15/h2-10,14,18,20-21H,11-13H2,1H3,(H,22,23)/t14?,18-/m0/s1. The molecule has 0 aliphatic heterocycles. The van der Waals surface area contributed by atoms with E-state index in [1.807, 2.05) is 49.4 Å². The summed E-state index contributed by atoms with van der Waals surface area (Å²) in [6.45, 7) is 1.93. The van der Waals surface area contributed by atoms with Gasteiger partial charge in [0, 0.05) is 22.9 Å². The zero-order valence-corrected chi connectivity index (χ0v) is 15.3. The van der Waals surface area contributed by atoms with Crippen molar-refractivity contribution in [2.45, 2.75) is 31.7 Å². The number of aliphatic hydroxyl groups excluding tert-OH is 1. The second kappa shape index (κ2) is 8.68. The second-order valence-corrected chi connectivity index (χ2v) is 8.92. The summed E-state index contributed by atoms with van der Waals surface area (Å²) in [7, 11) is -3.41. The SMILES string of the molecule is CC(C[C@H](O)CP(=O)(O)Cc1ccccc1)Nc1ccc(Cl)cc1. The van der Waals surface area contributed by atoms with Crippen molar-refractivity contribution in [3.05, 3.63) is 65.2 Å². The van der Waals surface area contributed by atoms with E-state index in [-0.39, 0.29) is 18.4 Å². The molecular formula is C18H23ClNO3P. The third-order valence-corrected chi connectivity index (χ3v) is 5.75. The normalized spacial score (nSPS) is 16.2. The molecule has 130 valence electrons. The molecule has 3 N–H and O–H groups in total. The van der Waals surface area contributed by atoms with E-state index < -0.39 is 13.5 Å². The number of hydrogen-bond donors (Lipinski definition) is 3. The van der Waals surface area contributed by atoms with Crippen LogP contribution in [-0.4, -0.2) is 28.3 Å². The smallest absolute Gasteiger partial charge is 0.207 e. The zero-order chi connectivity index (χ0) is 17.6. The first-order valence-electron chi connectivity index (χ1n) is 7.89. The fourth-order valence-electron chi connectivity index (χ4n) is 2.63. The fourth-order valence-corrected chi connectivity index (χ4v) is 4.48. The average Bonchev–Trinajstić information content (AvgIpc) is 2.49. The Morgan fingerprint density at radius 2 is 1.75 bits per heavy atom. The van der Waals surface area contributed by atoms with E-state index in [9.17, 15) is 14.6 Å². The molecule has 0 saturated heterocycles. The third kappa shape index (κ3) is 6.66. The van der Waals surface area contributed by atoms with E-state index in [4.69, 9.17) is 11.6 Å². The Labute approximate surface area is 147 Å². The topological polar surface area (TPSA) is 69.6 Å². The number of benzene rings is 2. The van der Waals surface area contributed by atoms with Gasteiger partial charge in [0.05, 0.1) is 12.3 Å². The number of anilines is 1. The lowest BCUT2D eigenvalue weighted by Crippen LogP contribution is -2.25. The Morgan fingerprint density at radius 1 is 1.12 bits per heavy atom.